The van der Waals surface area contributed by atoms with E-state index < -0.39 is 0 Å². The molecule has 2 N–H and O–H groups in total. The first kappa shape index (κ1) is 15.7. The summed E-state index contributed by atoms with van der Waals surface area (Å²) in [6, 6.07) is 9.69. The van der Waals surface area contributed by atoms with Crippen LogP contribution in [0.5, 0.6) is 17.2 Å². The Balaban J connectivity index is 2.64. The molecule has 0 aliphatic carbocycles. The predicted octanol–water partition coefficient (Wildman–Crippen LogP) is 3.60. The molecule has 0 spiro atoms. The number of benzene rings is 2. The third-order valence-corrected chi connectivity index (χ3v) is 4.06. The van der Waals surface area contributed by atoms with Gasteiger partial charge in [0, 0.05) is 12.1 Å². The molecule has 0 aromatic heterocycles. The van der Waals surface area contributed by atoms with Crippen molar-refractivity contribution in [1.29, 1.82) is 0 Å². The van der Waals surface area contributed by atoms with Crippen LogP contribution in [0.1, 0.15) is 5.56 Å². The van der Waals surface area contributed by atoms with Crippen molar-refractivity contribution in [3.05, 3.63) is 40.4 Å². The Kier molecular flexibility index (Phi) is 5.09. The predicted molar refractivity (Wildman–Crippen MR) is 87.1 cm³/mol. The molecule has 4 nitrogen and oxygen atoms in total. The van der Waals surface area contributed by atoms with Crippen LogP contribution >= 0.6 is 15.9 Å². The summed E-state index contributed by atoms with van der Waals surface area (Å²) in [5.74, 6) is 2.22. The van der Waals surface area contributed by atoms with E-state index in [1.165, 1.54) is 0 Å². The van der Waals surface area contributed by atoms with E-state index in [1.54, 1.807) is 21.3 Å². The topological polar surface area (TPSA) is 53.7 Å². The minimum absolute atomic E-state index is 0.416. The van der Waals surface area contributed by atoms with Crippen molar-refractivity contribution in [1.82, 2.24) is 0 Å². The maximum atomic E-state index is 5.86. The van der Waals surface area contributed by atoms with Gasteiger partial charge in [-0.1, -0.05) is 6.07 Å². The van der Waals surface area contributed by atoms with Crippen LogP contribution in [0, 0.1) is 0 Å². The number of hydrogen-bond donors (Lipinski definition) is 1. The first-order chi connectivity index (χ1) is 10.2. The van der Waals surface area contributed by atoms with E-state index in [1.807, 2.05) is 30.3 Å². The molecule has 0 saturated carbocycles. The van der Waals surface area contributed by atoms with Crippen LogP contribution in [-0.2, 0) is 6.54 Å². The molecular weight excluding hydrogens is 334 g/mol. The van der Waals surface area contributed by atoms with Gasteiger partial charge >= 0.3 is 0 Å². The van der Waals surface area contributed by atoms with E-state index in [0.29, 0.717) is 12.3 Å². The summed E-state index contributed by atoms with van der Waals surface area (Å²) < 4.78 is 16.9. The summed E-state index contributed by atoms with van der Waals surface area (Å²) in [5.41, 5.74) is 8.82. The van der Waals surface area contributed by atoms with Crippen LogP contribution in [0.2, 0.25) is 0 Å². The first-order valence-electron chi connectivity index (χ1n) is 6.44. The zero-order valence-electron chi connectivity index (χ0n) is 12.3. The molecular formula is C16H18BrNO3. The number of halogens is 1. The molecule has 0 saturated heterocycles. The van der Waals surface area contributed by atoms with Crippen molar-refractivity contribution in [3.63, 3.8) is 0 Å². The Hall–Kier alpha value is -1.72. The molecule has 0 radical (unpaired) electrons. The van der Waals surface area contributed by atoms with E-state index in [9.17, 15) is 0 Å². The van der Waals surface area contributed by atoms with Crippen LogP contribution in [-0.4, -0.2) is 21.3 Å². The molecule has 0 aliphatic rings. The Morgan fingerprint density at radius 2 is 1.67 bits per heavy atom. The maximum Gasteiger partial charge on any atom is 0.144 e. The fraction of sp³-hybridized carbons (Fsp3) is 0.250. The smallest absolute Gasteiger partial charge is 0.144 e. The third-order valence-electron chi connectivity index (χ3n) is 3.31. The molecule has 0 atom stereocenters. The molecule has 2 rings (SSSR count). The standard InChI is InChI=1S/C16H18BrNO3/c1-19-11-4-5-12(10(8-11)9-18)13-6-7-14(20-2)15(17)16(13)21-3/h4-8H,9,18H2,1-3H3. The van der Waals surface area contributed by atoms with Crippen LogP contribution in [0.4, 0.5) is 0 Å². The lowest BCUT2D eigenvalue weighted by Crippen LogP contribution is -2.01. The molecule has 0 aliphatic heterocycles. The van der Waals surface area contributed by atoms with Gasteiger partial charge in [0.25, 0.3) is 0 Å². The van der Waals surface area contributed by atoms with Crippen molar-refractivity contribution >= 4 is 15.9 Å². The number of hydrogen-bond acceptors (Lipinski definition) is 4. The molecule has 2 aromatic rings. The summed E-state index contributed by atoms with van der Waals surface area (Å²) in [6.07, 6.45) is 0. The van der Waals surface area contributed by atoms with E-state index in [4.69, 9.17) is 19.9 Å². The van der Waals surface area contributed by atoms with Gasteiger partial charge < -0.3 is 19.9 Å². The summed E-state index contributed by atoms with van der Waals surface area (Å²) in [5, 5.41) is 0. The summed E-state index contributed by atoms with van der Waals surface area (Å²) >= 11 is 3.52. The normalized spacial score (nSPS) is 10.3. The highest BCUT2D eigenvalue weighted by Gasteiger charge is 2.16. The average molecular weight is 352 g/mol. The Morgan fingerprint density at radius 1 is 0.952 bits per heavy atom. The molecule has 5 heteroatoms. The summed E-state index contributed by atoms with van der Waals surface area (Å²) in [6.45, 7) is 0.416. The quantitative estimate of drug-likeness (QED) is 0.893. The highest BCUT2D eigenvalue weighted by atomic mass is 79.9. The monoisotopic (exact) mass is 351 g/mol. The van der Waals surface area contributed by atoms with Crippen molar-refractivity contribution < 1.29 is 14.2 Å². The van der Waals surface area contributed by atoms with Gasteiger partial charge in [-0.15, -0.1) is 0 Å². The third kappa shape index (κ3) is 2.99. The SMILES string of the molecule is COc1ccc(-c2ccc(OC)c(Br)c2OC)c(CN)c1. The first-order valence-corrected chi connectivity index (χ1v) is 7.23. The number of methoxy groups -OCH3 is 3. The lowest BCUT2D eigenvalue weighted by molar-refractivity contribution is 0.390. The van der Waals surface area contributed by atoms with Crippen LogP contribution in [0.25, 0.3) is 11.1 Å². The van der Waals surface area contributed by atoms with Crippen molar-refractivity contribution in [3.8, 4) is 28.4 Å². The van der Waals surface area contributed by atoms with Gasteiger partial charge in [-0.05, 0) is 51.3 Å². The van der Waals surface area contributed by atoms with E-state index >= 15 is 0 Å². The summed E-state index contributed by atoms with van der Waals surface area (Å²) in [7, 11) is 4.90. The molecule has 21 heavy (non-hydrogen) atoms. The molecule has 2 aromatic carbocycles. The van der Waals surface area contributed by atoms with Crippen LogP contribution < -0.4 is 19.9 Å². The fourth-order valence-electron chi connectivity index (χ4n) is 2.24. The van der Waals surface area contributed by atoms with Crippen molar-refractivity contribution in [2.75, 3.05) is 21.3 Å². The second-order valence-electron chi connectivity index (χ2n) is 4.39. The lowest BCUT2D eigenvalue weighted by atomic mass is 9.98. The van der Waals surface area contributed by atoms with Crippen molar-refractivity contribution in [2.45, 2.75) is 6.54 Å². The van der Waals surface area contributed by atoms with E-state index in [0.717, 1.165) is 32.7 Å². The van der Waals surface area contributed by atoms with Gasteiger partial charge in [0.15, 0.2) is 0 Å². The van der Waals surface area contributed by atoms with Gasteiger partial charge in [-0.3, -0.25) is 0 Å². The fourth-order valence-corrected chi connectivity index (χ4v) is 2.91. The van der Waals surface area contributed by atoms with Gasteiger partial charge in [0.05, 0.1) is 21.3 Å². The minimum Gasteiger partial charge on any atom is -0.497 e. The van der Waals surface area contributed by atoms with Gasteiger partial charge in [0.2, 0.25) is 0 Å². The highest BCUT2D eigenvalue weighted by Crippen LogP contribution is 2.43. The number of nitrogens with two attached hydrogens (primary N) is 1. The van der Waals surface area contributed by atoms with Crippen LogP contribution in [0.15, 0.2) is 34.8 Å². The lowest BCUT2D eigenvalue weighted by Gasteiger charge is -2.16. The molecule has 0 unspecified atom stereocenters. The Labute approximate surface area is 132 Å². The van der Waals surface area contributed by atoms with E-state index in [-0.39, 0.29) is 0 Å². The molecule has 112 valence electrons. The van der Waals surface area contributed by atoms with Gasteiger partial charge in [0.1, 0.15) is 21.7 Å². The molecule has 0 fully saturated rings. The zero-order valence-corrected chi connectivity index (χ0v) is 13.9. The summed E-state index contributed by atoms with van der Waals surface area (Å²) in [4.78, 5) is 0. The second-order valence-corrected chi connectivity index (χ2v) is 5.18. The molecule has 0 amide bonds. The maximum absolute atomic E-state index is 5.86. The van der Waals surface area contributed by atoms with Crippen molar-refractivity contribution in [2.24, 2.45) is 5.73 Å². The zero-order chi connectivity index (χ0) is 15.4. The highest BCUT2D eigenvalue weighted by molar-refractivity contribution is 9.10. The Morgan fingerprint density at radius 3 is 2.24 bits per heavy atom. The van der Waals surface area contributed by atoms with Gasteiger partial charge in [-0.25, -0.2) is 0 Å². The number of rotatable bonds is 5. The van der Waals surface area contributed by atoms with E-state index in [2.05, 4.69) is 15.9 Å². The Bertz CT molecular complexity index is 644. The number of ether oxygens (including phenoxy) is 3. The molecule has 0 bridgehead atoms. The largest absolute Gasteiger partial charge is 0.497 e. The van der Waals surface area contributed by atoms with Crippen LogP contribution in [0.3, 0.4) is 0 Å². The average Bonchev–Trinajstić information content (AvgIpc) is 2.53. The minimum atomic E-state index is 0.416. The molecule has 0 heterocycles. The van der Waals surface area contributed by atoms with Gasteiger partial charge in [-0.2, -0.15) is 0 Å². The second kappa shape index (κ2) is 6.83.